The Labute approximate surface area is 179 Å². The molecular weight excluding hydrogens is 376 g/mol. The van der Waals surface area contributed by atoms with Crippen LogP contribution in [0.3, 0.4) is 0 Å². The second-order valence-corrected chi connectivity index (χ2v) is 8.69. The molecule has 2 atom stereocenters. The van der Waals surface area contributed by atoms with Crippen LogP contribution in [-0.4, -0.2) is 53.1 Å². The number of aryl methyl sites for hydroxylation is 1. The van der Waals surface area contributed by atoms with Gasteiger partial charge in [0.25, 0.3) is 5.91 Å². The van der Waals surface area contributed by atoms with Crippen LogP contribution in [0.15, 0.2) is 30.5 Å². The van der Waals surface area contributed by atoms with Crippen molar-refractivity contribution in [2.75, 3.05) is 26.7 Å². The Morgan fingerprint density at radius 3 is 2.83 bits per heavy atom. The number of methoxy groups -OCH3 is 1. The number of likely N-dealkylation sites (tertiary alicyclic amines) is 1. The van der Waals surface area contributed by atoms with Gasteiger partial charge >= 0.3 is 0 Å². The lowest BCUT2D eigenvalue weighted by Gasteiger charge is -2.33. The van der Waals surface area contributed by atoms with Crippen LogP contribution in [0.2, 0.25) is 0 Å². The lowest BCUT2D eigenvalue weighted by molar-refractivity contribution is 0.0944. The largest absolute Gasteiger partial charge is 0.497 e. The normalized spacial score (nSPS) is 21.8. The first-order valence-electron chi connectivity index (χ1n) is 11.4. The second-order valence-electron chi connectivity index (χ2n) is 8.69. The van der Waals surface area contributed by atoms with E-state index in [-0.39, 0.29) is 5.91 Å². The average Bonchev–Trinajstić information content (AvgIpc) is 3.21. The van der Waals surface area contributed by atoms with Crippen LogP contribution in [0.4, 0.5) is 0 Å². The molecule has 1 fully saturated rings. The summed E-state index contributed by atoms with van der Waals surface area (Å²) < 4.78 is 7.42. The van der Waals surface area contributed by atoms with Gasteiger partial charge in [-0.05, 0) is 56.8 Å². The van der Waals surface area contributed by atoms with Crippen LogP contribution in [0.1, 0.15) is 66.8 Å². The molecule has 1 amide bonds. The monoisotopic (exact) mass is 410 g/mol. The predicted molar refractivity (Wildman–Crippen MR) is 118 cm³/mol. The summed E-state index contributed by atoms with van der Waals surface area (Å²) in [4.78, 5) is 19.7. The van der Waals surface area contributed by atoms with Gasteiger partial charge in [0, 0.05) is 44.2 Å². The maximum atomic E-state index is 12.6. The van der Waals surface area contributed by atoms with E-state index in [9.17, 15) is 4.79 Å². The van der Waals surface area contributed by atoms with Crippen LogP contribution in [0.25, 0.3) is 0 Å². The Morgan fingerprint density at radius 1 is 1.23 bits per heavy atom. The Morgan fingerprint density at radius 2 is 2.07 bits per heavy atom. The number of rotatable bonds is 7. The van der Waals surface area contributed by atoms with Gasteiger partial charge in [-0.3, -0.25) is 4.79 Å². The smallest absolute Gasteiger partial charge is 0.271 e. The molecule has 2 aliphatic heterocycles. The van der Waals surface area contributed by atoms with Crippen LogP contribution < -0.4 is 10.1 Å². The Balaban J connectivity index is 1.28. The van der Waals surface area contributed by atoms with Crippen LogP contribution in [0, 0.1) is 0 Å². The number of nitrogens with one attached hydrogen (secondary N) is 1. The summed E-state index contributed by atoms with van der Waals surface area (Å²) in [5, 5.41) is 3.06. The first-order chi connectivity index (χ1) is 14.6. The third-order valence-electron chi connectivity index (χ3n) is 6.66. The minimum atomic E-state index is -0.0513. The number of amides is 1. The van der Waals surface area contributed by atoms with Crippen LogP contribution >= 0.6 is 0 Å². The first-order valence-corrected chi connectivity index (χ1v) is 11.4. The lowest BCUT2D eigenvalue weighted by atomic mass is 9.91. The molecule has 6 heteroatoms. The van der Waals surface area contributed by atoms with Crippen molar-refractivity contribution in [1.82, 2.24) is 19.8 Å². The van der Waals surface area contributed by atoms with Gasteiger partial charge in [-0.25, -0.2) is 4.98 Å². The fourth-order valence-corrected chi connectivity index (χ4v) is 4.77. The van der Waals surface area contributed by atoms with E-state index >= 15 is 0 Å². The highest BCUT2D eigenvalue weighted by Gasteiger charge is 2.23. The summed E-state index contributed by atoms with van der Waals surface area (Å²) in [6, 6.07) is 8.99. The standard InChI is InChI=1S/C24H34N4O2/c1-18-6-3-4-14-27(18)15-5-13-25-24(29)22-17-28-16-20(9-12-23(28)26-22)19-7-10-21(30-2)11-8-19/h7-8,10-11,17-18,20H,3-6,9,12-16H2,1-2H3,(H,25,29)/t18-,20-/m1/s1. The molecule has 0 spiro atoms. The number of benzene rings is 1. The fraction of sp³-hybridized carbons (Fsp3) is 0.583. The van der Waals surface area contributed by atoms with E-state index < -0.39 is 0 Å². The molecule has 162 valence electrons. The van der Waals surface area contributed by atoms with Crippen LogP contribution in [-0.2, 0) is 13.0 Å². The molecule has 6 nitrogen and oxygen atoms in total. The van der Waals surface area contributed by atoms with E-state index in [1.165, 1.54) is 31.4 Å². The summed E-state index contributed by atoms with van der Waals surface area (Å²) in [6.45, 7) is 6.14. The summed E-state index contributed by atoms with van der Waals surface area (Å²) in [7, 11) is 1.69. The van der Waals surface area contributed by atoms with Gasteiger partial charge in [0.05, 0.1) is 7.11 Å². The van der Waals surface area contributed by atoms with Gasteiger partial charge in [-0.2, -0.15) is 0 Å². The second kappa shape index (κ2) is 9.65. The summed E-state index contributed by atoms with van der Waals surface area (Å²) in [5.74, 6) is 2.29. The molecule has 2 aromatic rings. The number of hydrogen-bond acceptors (Lipinski definition) is 4. The van der Waals surface area contributed by atoms with Crippen molar-refractivity contribution in [1.29, 1.82) is 0 Å². The fourth-order valence-electron chi connectivity index (χ4n) is 4.77. The Bertz CT molecular complexity index is 845. The summed E-state index contributed by atoms with van der Waals surface area (Å²) in [5.41, 5.74) is 1.86. The SMILES string of the molecule is COc1ccc([C@@H]2CCc3nc(C(=O)NCCCN4CCCC[C@H]4C)cn3C2)cc1. The molecule has 1 aromatic carbocycles. The molecule has 1 saturated heterocycles. The van der Waals surface area contributed by atoms with E-state index in [4.69, 9.17) is 4.74 Å². The van der Waals surface area contributed by atoms with Crippen LogP contribution in [0.5, 0.6) is 5.75 Å². The van der Waals surface area contributed by atoms with E-state index in [1.54, 1.807) is 7.11 Å². The predicted octanol–water partition coefficient (Wildman–Crippen LogP) is 3.62. The Hall–Kier alpha value is -2.34. The number of carbonyl (C=O) groups excluding carboxylic acids is 1. The number of piperidine rings is 1. The van der Waals surface area contributed by atoms with E-state index in [0.717, 1.165) is 43.9 Å². The molecule has 0 saturated carbocycles. The zero-order chi connectivity index (χ0) is 20.9. The minimum Gasteiger partial charge on any atom is -0.497 e. The number of ether oxygens (including phenoxy) is 1. The van der Waals surface area contributed by atoms with Gasteiger partial charge in [-0.15, -0.1) is 0 Å². The Kier molecular flexibility index (Phi) is 6.72. The van der Waals surface area contributed by atoms with Gasteiger partial charge in [0.1, 0.15) is 17.3 Å². The van der Waals surface area contributed by atoms with Crippen molar-refractivity contribution in [3.8, 4) is 5.75 Å². The van der Waals surface area contributed by atoms with E-state index in [1.807, 2.05) is 18.3 Å². The molecule has 2 aliphatic rings. The van der Waals surface area contributed by atoms with Gasteiger partial charge < -0.3 is 19.5 Å². The minimum absolute atomic E-state index is 0.0513. The number of nitrogens with zero attached hydrogens (tertiary/aromatic N) is 3. The number of fused-ring (bicyclic) bond motifs is 1. The third-order valence-corrected chi connectivity index (χ3v) is 6.66. The zero-order valence-electron chi connectivity index (χ0n) is 18.3. The molecule has 0 aliphatic carbocycles. The molecule has 4 rings (SSSR count). The maximum absolute atomic E-state index is 12.6. The molecule has 0 bridgehead atoms. The van der Waals surface area contributed by atoms with Crippen molar-refractivity contribution in [2.24, 2.45) is 0 Å². The molecule has 1 aromatic heterocycles. The number of hydrogen-bond donors (Lipinski definition) is 1. The van der Waals surface area contributed by atoms with Gasteiger partial charge in [-0.1, -0.05) is 18.6 Å². The van der Waals surface area contributed by atoms with Crippen molar-refractivity contribution in [3.05, 3.63) is 47.5 Å². The van der Waals surface area contributed by atoms with E-state index in [0.29, 0.717) is 24.2 Å². The van der Waals surface area contributed by atoms with Crippen molar-refractivity contribution in [2.45, 2.75) is 64.0 Å². The highest BCUT2D eigenvalue weighted by atomic mass is 16.5. The van der Waals surface area contributed by atoms with Crippen molar-refractivity contribution >= 4 is 5.91 Å². The average molecular weight is 411 g/mol. The van der Waals surface area contributed by atoms with Gasteiger partial charge in [0.15, 0.2) is 0 Å². The van der Waals surface area contributed by atoms with E-state index in [2.05, 4.69) is 38.8 Å². The highest BCUT2D eigenvalue weighted by Crippen LogP contribution is 2.30. The molecule has 30 heavy (non-hydrogen) atoms. The summed E-state index contributed by atoms with van der Waals surface area (Å²) in [6.07, 6.45) is 8.81. The maximum Gasteiger partial charge on any atom is 0.271 e. The molecular formula is C24H34N4O2. The number of aromatic nitrogens is 2. The summed E-state index contributed by atoms with van der Waals surface area (Å²) >= 11 is 0. The van der Waals surface area contributed by atoms with Crippen molar-refractivity contribution in [3.63, 3.8) is 0 Å². The molecule has 3 heterocycles. The number of imidazole rings is 1. The molecule has 0 unspecified atom stereocenters. The highest BCUT2D eigenvalue weighted by molar-refractivity contribution is 5.92. The first kappa shape index (κ1) is 20.9. The number of carbonyl (C=O) groups is 1. The van der Waals surface area contributed by atoms with Gasteiger partial charge in [0.2, 0.25) is 0 Å². The third kappa shape index (κ3) is 4.86. The van der Waals surface area contributed by atoms with Crippen molar-refractivity contribution < 1.29 is 9.53 Å². The topological polar surface area (TPSA) is 59.4 Å². The quantitative estimate of drug-likeness (QED) is 0.709. The molecule has 0 radical (unpaired) electrons. The zero-order valence-corrected chi connectivity index (χ0v) is 18.3. The molecule has 1 N–H and O–H groups in total. The lowest BCUT2D eigenvalue weighted by Crippen LogP contribution is -2.39.